The van der Waals surface area contributed by atoms with Crippen molar-refractivity contribution in [2.45, 2.75) is 0 Å². The number of benzene rings is 2. The molecule has 0 spiro atoms. The number of nitrogens with two attached hydrogens (primary N) is 1. The van der Waals surface area contributed by atoms with Gasteiger partial charge in [-0.3, -0.25) is 9.59 Å². The van der Waals surface area contributed by atoms with Gasteiger partial charge in [-0.05, 0) is 36.4 Å². The van der Waals surface area contributed by atoms with E-state index in [4.69, 9.17) is 21.8 Å². The number of hydrogen-bond acceptors (Lipinski definition) is 3. The fourth-order valence-electron chi connectivity index (χ4n) is 2.26. The molecule has 0 saturated heterocycles. The van der Waals surface area contributed by atoms with Crippen LogP contribution in [0.2, 0.25) is 5.02 Å². The molecule has 24 heavy (non-hydrogen) atoms. The monoisotopic (exact) mass is 340 g/mol. The maximum absolute atomic E-state index is 12.3. The summed E-state index contributed by atoms with van der Waals surface area (Å²) in [6.07, 6.45) is 0. The number of carbonyl (C=O) groups is 2. The third-order valence-electron chi connectivity index (χ3n) is 3.41. The molecule has 2 aromatic carbocycles. The van der Waals surface area contributed by atoms with E-state index in [-0.39, 0.29) is 11.3 Å². The summed E-state index contributed by atoms with van der Waals surface area (Å²) < 4.78 is 5.57. The van der Waals surface area contributed by atoms with Gasteiger partial charge in [0.2, 0.25) is 0 Å². The molecule has 5 nitrogen and oxygen atoms in total. The van der Waals surface area contributed by atoms with Gasteiger partial charge in [0.15, 0.2) is 5.76 Å². The highest BCUT2D eigenvalue weighted by atomic mass is 35.5. The van der Waals surface area contributed by atoms with Gasteiger partial charge in [0, 0.05) is 5.56 Å². The fourth-order valence-corrected chi connectivity index (χ4v) is 2.49. The Labute approximate surface area is 143 Å². The standard InChI is InChI=1S/C18H13ClN2O3/c19-13-7-3-1-5-11(13)15-9-10-16(24-15)18(23)21-14-8-4-2-6-12(14)17(20)22/h1-10H,(H2,20,22)(H,21,23). The topological polar surface area (TPSA) is 85.3 Å². The van der Waals surface area contributed by atoms with Crippen LogP contribution in [0.15, 0.2) is 65.1 Å². The zero-order valence-corrected chi connectivity index (χ0v) is 13.2. The van der Waals surface area contributed by atoms with E-state index in [2.05, 4.69) is 5.32 Å². The summed E-state index contributed by atoms with van der Waals surface area (Å²) in [5.74, 6) is -0.526. The first-order valence-electron chi connectivity index (χ1n) is 7.11. The number of nitrogens with one attached hydrogen (secondary N) is 1. The summed E-state index contributed by atoms with van der Waals surface area (Å²) in [7, 11) is 0. The molecule has 0 unspecified atom stereocenters. The molecule has 6 heteroatoms. The van der Waals surface area contributed by atoms with E-state index in [9.17, 15) is 9.59 Å². The van der Waals surface area contributed by atoms with Gasteiger partial charge in [0.1, 0.15) is 5.76 Å². The fraction of sp³-hybridized carbons (Fsp3) is 0. The van der Waals surface area contributed by atoms with Crippen molar-refractivity contribution in [1.29, 1.82) is 0 Å². The number of furan rings is 1. The van der Waals surface area contributed by atoms with Gasteiger partial charge >= 0.3 is 0 Å². The van der Waals surface area contributed by atoms with Crippen molar-refractivity contribution < 1.29 is 14.0 Å². The van der Waals surface area contributed by atoms with E-state index in [1.54, 1.807) is 42.5 Å². The number of halogens is 1. The number of rotatable bonds is 4. The van der Waals surface area contributed by atoms with Crippen molar-refractivity contribution in [2.24, 2.45) is 5.73 Å². The number of primary amides is 1. The summed E-state index contributed by atoms with van der Waals surface area (Å²) in [4.78, 5) is 23.7. The first kappa shape index (κ1) is 15.8. The molecule has 0 fully saturated rings. The minimum atomic E-state index is -0.623. The van der Waals surface area contributed by atoms with Crippen LogP contribution in [0.1, 0.15) is 20.9 Å². The Balaban J connectivity index is 1.85. The summed E-state index contributed by atoms with van der Waals surface area (Å²) >= 11 is 6.12. The smallest absolute Gasteiger partial charge is 0.291 e. The van der Waals surface area contributed by atoms with Gasteiger partial charge in [0.05, 0.1) is 16.3 Å². The largest absolute Gasteiger partial charge is 0.451 e. The third kappa shape index (κ3) is 3.16. The van der Waals surface area contributed by atoms with Crippen LogP contribution in [0.5, 0.6) is 0 Å². The first-order valence-corrected chi connectivity index (χ1v) is 7.49. The SMILES string of the molecule is NC(=O)c1ccccc1NC(=O)c1ccc(-c2ccccc2Cl)o1. The Morgan fingerprint density at radius 2 is 1.67 bits per heavy atom. The van der Waals surface area contributed by atoms with Gasteiger partial charge < -0.3 is 15.5 Å². The van der Waals surface area contributed by atoms with Crippen LogP contribution in [-0.2, 0) is 0 Å². The molecule has 0 aliphatic heterocycles. The van der Waals surface area contributed by atoms with Gasteiger partial charge in [-0.25, -0.2) is 0 Å². The van der Waals surface area contributed by atoms with Crippen LogP contribution >= 0.6 is 11.6 Å². The zero-order valence-electron chi connectivity index (χ0n) is 12.5. The molecule has 1 aromatic heterocycles. The van der Waals surface area contributed by atoms with Crippen LogP contribution in [0.3, 0.4) is 0 Å². The highest BCUT2D eigenvalue weighted by molar-refractivity contribution is 6.33. The van der Waals surface area contributed by atoms with Gasteiger partial charge in [0.25, 0.3) is 11.8 Å². The van der Waals surface area contributed by atoms with E-state index in [1.807, 2.05) is 12.1 Å². The van der Waals surface area contributed by atoms with Gasteiger partial charge in [-0.15, -0.1) is 0 Å². The van der Waals surface area contributed by atoms with E-state index in [0.29, 0.717) is 22.0 Å². The molecule has 3 N–H and O–H groups in total. The van der Waals surface area contributed by atoms with Crippen LogP contribution in [0.4, 0.5) is 5.69 Å². The summed E-state index contributed by atoms with van der Waals surface area (Å²) in [5.41, 5.74) is 6.54. The first-order chi connectivity index (χ1) is 11.6. The molecular weight excluding hydrogens is 328 g/mol. The molecule has 0 saturated carbocycles. The molecular formula is C18H13ClN2O3. The lowest BCUT2D eigenvalue weighted by molar-refractivity contribution is 0.0997. The molecule has 0 aliphatic carbocycles. The van der Waals surface area contributed by atoms with Crippen molar-refractivity contribution in [1.82, 2.24) is 0 Å². The highest BCUT2D eigenvalue weighted by Crippen LogP contribution is 2.29. The number of carbonyl (C=O) groups excluding carboxylic acids is 2. The lowest BCUT2D eigenvalue weighted by atomic mass is 10.1. The Kier molecular flexibility index (Phi) is 4.35. The van der Waals surface area contributed by atoms with Crippen molar-refractivity contribution in [3.05, 3.63) is 77.0 Å². The summed E-state index contributed by atoms with van der Waals surface area (Å²) in [5, 5.41) is 3.15. The number of para-hydroxylation sites is 1. The minimum absolute atomic E-state index is 0.101. The molecule has 0 bridgehead atoms. The molecule has 0 aliphatic rings. The Hall–Kier alpha value is -3.05. The van der Waals surface area contributed by atoms with E-state index in [1.165, 1.54) is 6.07 Å². The third-order valence-corrected chi connectivity index (χ3v) is 3.74. The van der Waals surface area contributed by atoms with Crippen molar-refractivity contribution in [2.75, 3.05) is 5.32 Å². The predicted octanol–water partition coefficient (Wildman–Crippen LogP) is 3.95. The minimum Gasteiger partial charge on any atom is -0.451 e. The molecule has 120 valence electrons. The quantitative estimate of drug-likeness (QED) is 0.754. The lowest BCUT2D eigenvalue weighted by Gasteiger charge is -2.07. The van der Waals surface area contributed by atoms with Crippen molar-refractivity contribution in [3.63, 3.8) is 0 Å². The molecule has 0 atom stereocenters. The van der Waals surface area contributed by atoms with E-state index >= 15 is 0 Å². The summed E-state index contributed by atoms with van der Waals surface area (Å²) in [6, 6.07) is 16.9. The van der Waals surface area contributed by atoms with Gasteiger partial charge in [-0.1, -0.05) is 35.9 Å². The van der Waals surface area contributed by atoms with E-state index in [0.717, 1.165) is 0 Å². The molecule has 3 aromatic rings. The number of anilines is 1. The van der Waals surface area contributed by atoms with Crippen LogP contribution < -0.4 is 11.1 Å². The number of amides is 2. The second-order valence-corrected chi connectivity index (χ2v) is 5.41. The highest BCUT2D eigenvalue weighted by Gasteiger charge is 2.16. The molecule has 1 heterocycles. The summed E-state index contributed by atoms with van der Waals surface area (Å²) in [6.45, 7) is 0. The zero-order chi connectivity index (χ0) is 17.1. The van der Waals surface area contributed by atoms with Crippen molar-refractivity contribution >= 4 is 29.1 Å². The predicted molar refractivity (Wildman–Crippen MR) is 92.1 cm³/mol. The molecule has 3 rings (SSSR count). The second-order valence-electron chi connectivity index (χ2n) is 5.01. The lowest BCUT2D eigenvalue weighted by Crippen LogP contribution is -2.17. The second kappa shape index (κ2) is 6.60. The van der Waals surface area contributed by atoms with Crippen LogP contribution in [-0.4, -0.2) is 11.8 Å². The Morgan fingerprint density at radius 3 is 2.42 bits per heavy atom. The average molecular weight is 341 g/mol. The number of hydrogen-bond donors (Lipinski definition) is 2. The van der Waals surface area contributed by atoms with Crippen molar-refractivity contribution in [3.8, 4) is 11.3 Å². The molecule has 0 radical (unpaired) electrons. The average Bonchev–Trinajstić information content (AvgIpc) is 3.05. The Morgan fingerprint density at radius 1 is 0.958 bits per heavy atom. The van der Waals surface area contributed by atoms with E-state index < -0.39 is 11.8 Å². The molecule has 2 amide bonds. The normalized spacial score (nSPS) is 10.4. The maximum Gasteiger partial charge on any atom is 0.291 e. The maximum atomic E-state index is 12.3. The Bertz CT molecular complexity index is 918. The van der Waals surface area contributed by atoms with Crippen LogP contribution in [0.25, 0.3) is 11.3 Å². The van der Waals surface area contributed by atoms with Gasteiger partial charge in [-0.2, -0.15) is 0 Å². The van der Waals surface area contributed by atoms with Crippen LogP contribution in [0, 0.1) is 0 Å².